The molecule has 1 aliphatic rings. The normalized spacial score (nSPS) is 16.0. The van der Waals surface area contributed by atoms with Crippen molar-refractivity contribution in [1.29, 1.82) is 0 Å². The lowest BCUT2D eigenvalue weighted by Gasteiger charge is -2.18. The SMILES string of the molecule is Cc1ccccc1C(=O)/C=C1\SCC(=O)N1Cc1ccccc1Cl. The number of allylic oxidation sites excluding steroid dienone is 1. The topological polar surface area (TPSA) is 37.4 Å². The molecule has 0 aliphatic carbocycles. The zero-order valence-electron chi connectivity index (χ0n) is 13.2. The standard InChI is InChI=1S/C19H16ClNO2S/c1-13-6-2-4-8-15(13)17(22)10-19-21(18(23)12-24-19)11-14-7-3-5-9-16(14)20/h2-10H,11-12H2,1H3/b19-10-. The van der Waals surface area contributed by atoms with Gasteiger partial charge in [0.1, 0.15) is 0 Å². The highest BCUT2D eigenvalue weighted by Gasteiger charge is 2.28. The first-order chi connectivity index (χ1) is 11.6. The van der Waals surface area contributed by atoms with Crippen LogP contribution in [0, 0.1) is 6.92 Å². The van der Waals surface area contributed by atoms with Crippen LogP contribution in [0.5, 0.6) is 0 Å². The Morgan fingerprint density at radius 1 is 1.21 bits per heavy atom. The number of carbonyl (C=O) groups excluding carboxylic acids is 2. The lowest BCUT2D eigenvalue weighted by atomic mass is 10.1. The van der Waals surface area contributed by atoms with Crippen molar-refractivity contribution >= 4 is 35.1 Å². The Morgan fingerprint density at radius 2 is 1.92 bits per heavy atom. The van der Waals surface area contributed by atoms with Crippen LogP contribution >= 0.6 is 23.4 Å². The Morgan fingerprint density at radius 3 is 2.67 bits per heavy atom. The first-order valence-electron chi connectivity index (χ1n) is 7.54. The van der Waals surface area contributed by atoms with Crippen molar-refractivity contribution in [2.75, 3.05) is 5.75 Å². The number of halogens is 1. The summed E-state index contributed by atoms with van der Waals surface area (Å²) < 4.78 is 0. The molecule has 122 valence electrons. The van der Waals surface area contributed by atoms with Gasteiger partial charge in [-0.3, -0.25) is 9.59 Å². The fraction of sp³-hybridized carbons (Fsp3) is 0.158. The van der Waals surface area contributed by atoms with Crippen LogP contribution in [0.15, 0.2) is 59.6 Å². The van der Waals surface area contributed by atoms with Crippen molar-refractivity contribution in [3.8, 4) is 0 Å². The predicted molar refractivity (Wildman–Crippen MR) is 98.1 cm³/mol. The summed E-state index contributed by atoms with van der Waals surface area (Å²) in [5, 5.41) is 1.29. The Bertz CT molecular complexity index is 832. The Hall–Kier alpha value is -2.04. The van der Waals surface area contributed by atoms with Crippen molar-refractivity contribution in [2.45, 2.75) is 13.5 Å². The van der Waals surface area contributed by atoms with E-state index in [4.69, 9.17) is 11.6 Å². The second kappa shape index (κ2) is 7.24. The fourth-order valence-electron chi connectivity index (χ4n) is 2.54. The van der Waals surface area contributed by atoms with Gasteiger partial charge in [0.25, 0.3) is 0 Å². The van der Waals surface area contributed by atoms with Crippen LogP contribution in [0.1, 0.15) is 21.5 Å². The van der Waals surface area contributed by atoms with Gasteiger partial charge in [0.2, 0.25) is 5.91 Å². The number of amides is 1. The quantitative estimate of drug-likeness (QED) is 0.599. The Balaban J connectivity index is 1.86. The molecule has 0 N–H and O–H groups in total. The molecule has 0 radical (unpaired) electrons. The zero-order chi connectivity index (χ0) is 17.1. The number of thioether (sulfide) groups is 1. The Labute approximate surface area is 150 Å². The number of rotatable bonds is 4. The summed E-state index contributed by atoms with van der Waals surface area (Å²) in [4.78, 5) is 26.4. The van der Waals surface area contributed by atoms with Crippen LogP contribution in [-0.2, 0) is 11.3 Å². The second-order valence-corrected chi connectivity index (χ2v) is 6.92. The van der Waals surface area contributed by atoms with Gasteiger partial charge in [-0.1, -0.05) is 65.8 Å². The van der Waals surface area contributed by atoms with E-state index in [0.29, 0.717) is 27.9 Å². The molecule has 5 heteroatoms. The average molecular weight is 358 g/mol. The fourth-order valence-corrected chi connectivity index (χ4v) is 3.67. The minimum atomic E-state index is -0.0885. The molecule has 1 saturated heterocycles. The van der Waals surface area contributed by atoms with Gasteiger partial charge in [0, 0.05) is 16.7 Å². The van der Waals surface area contributed by atoms with Gasteiger partial charge in [0.15, 0.2) is 5.78 Å². The molecule has 0 spiro atoms. The van der Waals surface area contributed by atoms with Crippen LogP contribution < -0.4 is 0 Å². The third kappa shape index (κ3) is 3.55. The van der Waals surface area contributed by atoms with E-state index in [1.54, 1.807) is 23.1 Å². The zero-order valence-corrected chi connectivity index (χ0v) is 14.7. The first kappa shape index (κ1) is 16.8. The molecular formula is C19H16ClNO2S. The summed E-state index contributed by atoms with van der Waals surface area (Å²) in [6, 6.07) is 14.9. The third-order valence-corrected chi connectivity index (χ3v) is 5.26. The van der Waals surface area contributed by atoms with Crippen LogP contribution in [-0.4, -0.2) is 22.3 Å². The molecule has 0 saturated carbocycles. The van der Waals surface area contributed by atoms with Gasteiger partial charge >= 0.3 is 0 Å². The smallest absolute Gasteiger partial charge is 0.238 e. The highest BCUT2D eigenvalue weighted by Crippen LogP contribution is 2.32. The molecule has 0 unspecified atom stereocenters. The van der Waals surface area contributed by atoms with Crippen molar-refractivity contribution in [3.05, 3.63) is 81.3 Å². The maximum absolute atomic E-state index is 12.5. The van der Waals surface area contributed by atoms with Crippen LogP contribution in [0.3, 0.4) is 0 Å². The third-order valence-electron chi connectivity index (χ3n) is 3.86. The van der Waals surface area contributed by atoms with E-state index in [2.05, 4.69) is 0 Å². The molecule has 0 aromatic heterocycles. The highest BCUT2D eigenvalue weighted by atomic mass is 35.5. The molecule has 1 fully saturated rings. The molecule has 0 bridgehead atoms. The lowest BCUT2D eigenvalue weighted by Crippen LogP contribution is -2.24. The molecule has 3 nitrogen and oxygen atoms in total. The molecule has 2 aromatic carbocycles. The van der Waals surface area contributed by atoms with E-state index in [1.807, 2.05) is 43.3 Å². The van der Waals surface area contributed by atoms with E-state index in [9.17, 15) is 9.59 Å². The summed E-state index contributed by atoms with van der Waals surface area (Å²) in [6.45, 7) is 2.28. The minimum absolute atomic E-state index is 0.0104. The molecular weight excluding hydrogens is 342 g/mol. The van der Waals surface area contributed by atoms with E-state index in [-0.39, 0.29) is 11.7 Å². The van der Waals surface area contributed by atoms with Crippen molar-refractivity contribution in [1.82, 2.24) is 4.90 Å². The summed E-state index contributed by atoms with van der Waals surface area (Å²) >= 11 is 7.58. The molecule has 24 heavy (non-hydrogen) atoms. The maximum Gasteiger partial charge on any atom is 0.238 e. The van der Waals surface area contributed by atoms with Gasteiger partial charge in [0.05, 0.1) is 17.3 Å². The van der Waals surface area contributed by atoms with E-state index in [1.165, 1.54) is 11.8 Å². The van der Waals surface area contributed by atoms with Gasteiger partial charge in [-0.05, 0) is 24.1 Å². The average Bonchev–Trinajstić information content (AvgIpc) is 2.90. The molecule has 1 heterocycles. The summed E-state index contributed by atoms with van der Waals surface area (Å²) in [7, 11) is 0. The van der Waals surface area contributed by atoms with Crippen LogP contribution in [0.2, 0.25) is 5.02 Å². The number of hydrogen-bond acceptors (Lipinski definition) is 3. The maximum atomic E-state index is 12.5. The highest BCUT2D eigenvalue weighted by molar-refractivity contribution is 8.04. The van der Waals surface area contributed by atoms with Gasteiger partial charge in [-0.2, -0.15) is 0 Å². The first-order valence-corrected chi connectivity index (χ1v) is 8.91. The predicted octanol–water partition coefficient (Wildman–Crippen LogP) is 4.45. The van der Waals surface area contributed by atoms with E-state index >= 15 is 0 Å². The second-order valence-electron chi connectivity index (χ2n) is 5.52. The van der Waals surface area contributed by atoms with Crippen LogP contribution in [0.4, 0.5) is 0 Å². The molecule has 2 aromatic rings. The molecule has 3 rings (SSSR count). The van der Waals surface area contributed by atoms with Gasteiger partial charge in [-0.15, -0.1) is 0 Å². The van der Waals surface area contributed by atoms with Gasteiger partial charge < -0.3 is 4.90 Å². The summed E-state index contributed by atoms with van der Waals surface area (Å²) in [5.74, 6) is 0.246. The molecule has 0 atom stereocenters. The van der Waals surface area contributed by atoms with Crippen molar-refractivity contribution in [2.24, 2.45) is 0 Å². The number of carbonyl (C=O) groups is 2. The van der Waals surface area contributed by atoms with Crippen molar-refractivity contribution in [3.63, 3.8) is 0 Å². The number of nitrogens with zero attached hydrogens (tertiary/aromatic N) is 1. The van der Waals surface area contributed by atoms with Crippen molar-refractivity contribution < 1.29 is 9.59 Å². The minimum Gasteiger partial charge on any atom is -0.301 e. The summed E-state index contributed by atoms with van der Waals surface area (Å²) in [6.07, 6.45) is 1.55. The van der Waals surface area contributed by atoms with Gasteiger partial charge in [-0.25, -0.2) is 0 Å². The van der Waals surface area contributed by atoms with E-state index in [0.717, 1.165) is 11.1 Å². The molecule has 1 amide bonds. The monoisotopic (exact) mass is 357 g/mol. The number of aryl methyl sites for hydroxylation is 1. The molecule has 1 aliphatic heterocycles. The summed E-state index contributed by atoms with van der Waals surface area (Å²) in [5.41, 5.74) is 2.44. The Kier molecular flexibility index (Phi) is 5.07. The number of benzene rings is 2. The van der Waals surface area contributed by atoms with E-state index < -0.39 is 0 Å². The lowest BCUT2D eigenvalue weighted by molar-refractivity contribution is -0.125. The number of hydrogen-bond donors (Lipinski definition) is 0. The number of ketones is 1. The largest absolute Gasteiger partial charge is 0.301 e. The van der Waals surface area contributed by atoms with Crippen LogP contribution in [0.25, 0.3) is 0 Å².